The van der Waals surface area contributed by atoms with Crippen molar-refractivity contribution in [1.82, 2.24) is 23.4 Å². The predicted octanol–water partition coefficient (Wildman–Crippen LogP) is 6.54. The Labute approximate surface area is 319 Å². The number of methoxy groups -OCH3 is 1. The van der Waals surface area contributed by atoms with Crippen LogP contribution >= 0.6 is 0 Å². The summed E-state index contributed by atoms with van der Waals surface area (Å²) in [7, 11) is 0.378. The van der Waals surface area contributed by atoms with Gasteiger partial charge in [-0.1, -0.05) is 25.3 Å². The van der Waals surface area contributed by atoms with E-state index in [9.17, 15) is 22.8 Å². The van der Waals surface area contributed by atoms with Crippen molar-refractivity contribution in [3.05, 3.63) is 53.6 Å². The van der Waals surface area contributed by atoms with Gasteiger partial charge in [-0.3, -0.25) is 9.59 Å². The van der Waals surface area contributed by atoms with Crippen LogP contribution in [-0.2, 0) is 26.3 Å². The molecule has 13 heteroatoms. The van der Waals surface area contributed by atoms with Crippen molar-refractivity contribution >= 4 is 39.0 Å². The maximum atomic E-state index is 14.8. The molecule has 4 fully saturated rings. The Morgan fingerprint density at radius 1 is 0.944 bits per heavy atom. The van der Waals surface area contributed by atoms with Crippen LogP contribution in [-0.4, -0.2) is 97.5 Å². The molecule has 0 bridgehead atoms. The van der Waals surface area contributed by atoms with E-state index in [4.69, 9.17) is 9.47 Å². The van der Waals surface area contributed by atoms with Gasteiger partial charge in [0, 0.05) is 56.7 Å². The summed E-state index contributed by atoms with van der Waals surface area (Å²) in [5, 5.41) is 1.02. The van der Waals surface area contributed by atoms with Crippen molar-refractivity contribution < 1.29 is 32.3 Å². The zero-order chi connectivity index (χ0) is 38.6. The van der Waals surface area contributed by atoms with E-state index in [2.05, 4.69) is 21.4 Å². The number of carbonyl (C=O) groups is 3. The molecule has 2 aliphatic heterocycles. The molecule has 3 amide bonds. The maximum Gasteiger partial charge on any atom is 0.410 e. The Hall–Kier alpha value is -4.10. The number of amides is 3. The quantitative estimate of drug-likeness (QED) is 0.262. The van der Waals surface area contributed by atoms with Gasteiger partial charge in [0.05, 0.1) is 24.3 Å². The molecule has 2 saturated carbocycles. The molecule has 3 aromatic rings. The van der Waals surface area contributed by atoms with Gasteiger partial charge < -0.3 is 23.8 Å². The molecule has 1 N–H and O–H groups in total. The van der Waals surface area contributed by atoms with Crippen molar-refractivity contribution in [2.45, 2.75) is 103 Å². The highest BCUT2D eigenvalue weighted by atomic mass is 32.2. The van der Waals surface area contributed by atoms with Crippen molar-refractivity contribution in [2.75, 3.05) is 40.8 Å². The standard InChI is InChI=1S/C41H55N5O7S/c1-40(2,3)53-39(49)45-22-10-13-30-24-44(25-34(30)45)38(48)41(20-21-41)26-46-33-23-29(37(47)42-54(50,51)43(4)5)16-19-32(33)35(27-11-8-7-9-12-27)36(46)28-14-17-31(52-6)18-15-28/h14-19,23,27,30,34H,7-13,20-22,24-26H2,1-6H3,(H,42,47). The molecule has 2 unspecified atom stereocenters. The van der Waals surface area contributed by atoms with E-state index < -0.39 is 27.1 Å². The first-order valence-corrected chi connectivity index (χ1v) is 20.9. The number of benzene rings is 2. The van der Waals surface area contributed by atoms with Crippen LogP contribution in [0.3, 0.4) is 0 Å². The second kappa shape index (κ2) is 14.5. The van der Waals surface area contributed by atoms with E-state index in [1.807, 2.05) is 48.8 Å². The lowest BCUT2D eigenvalue weighted by molar-refractivity contribution is -0.136. The molecule has 12 nitrogen and oxygen atoms in total. The highest BCUT2D eigenvalue weighted by Gasteiger charge is 2.55. The van der Waals surface area contributed by atoms with Crippen LogP contribution in [0, 0.1) is 11.3 Å². The lowest BCUT2D eigenvalue weighted by atomic mass is 9.81. The fraction of sp³-hybridized carbons (Fsp3) is 0.585. The minimum atomic E-state index is -4.01. The molecule has 2 aromatic carbocycles. The summed E-state index contributed by atoms with van der Waals surface area (Å²) in [6.07, 6.45) is 8.52. The average Bonchev–Trinajstić information content (AvgIpc) is 3.68. The zero-order valence-corrected chi connectivity index (χ0v) is 33.3. The van der Waals surface area contributed by atoms with Gasteiger partial charge in [-0.05, 0) is 119 Å². The third-order valence-corrected chi connectivity index (χ3v) is 13.3. The van der Waals surface area contributed by atoms with Crippen LogP contribution in [0.5, 0.6) is 5.75 Å². The van der Waals surface area contributed by atoms with Gasteiger partial charge >= 0.3 is 16.3 Å². The summed E-state index contributed by atoms with van der Waals surface area (Å²) < 4.78 is 42.0. The van der Waals surface area contributed by atoms with Crippen molar-refractivity contribution in [2.24, 2.45) is 11.3 Å². The van der Waals surface area contributed by atoms with Crippen LogP contribution in [0.25, 0.3) is 22.2 Å². The molecule has 1 aromatic heterocycles. The number of nitrogens with one attached hydrogen (secondary N) is 1. The van der Waals surface area contributed by atoms with Gasteiger partial charge in [0.25, 0.3) is 5.91 Å². The van der Waals surface area contributed by atoms with E-state index in [0.717, 1.165) is 83.6 Å². The average molecular weight is 762 g/mol. The predicted molar refractivity (Wildman–Crippen MR) is 208 cm³/mol. The number of rotatable bonds is 9. The van der Waals surface area contributed by atoms with Crippen LogP contribution in [0.4, 0.5) is 4.79 Å². The molecular formula is C41H55N5O7S. The highest BCUT2D eigenvalue weighted by molar-refractivity contribution is 7.87. The Balaban J connectivity index is 1.29. The van der Waals surface area contributed by atoms with Crippen LogP contribution < -0.4 is 9.46 Å². The van der Waals surface area contributed by atoms with Gasteiger partial charge in [-0.2, -0.15) is 12.7 Å². The van der Waals surface area contributed by atoms with E-state index >= 15 is 0 Å². The third kappa shape index (κ3) is 7.45. The molecule has 7 rings (SSSR count). The number of aromatic nitrogens is 1. The summed E-state index contributed by atoms with van der Waals surface area (Å²) >= 11 is 0. The number of ether oxygens (including phenoxy) is 2. The Bertz CT molecular complexity index is 2020. The minimum Gasteiger partial charge on any atom is -0.497 e. The first-order valence-electron chi connectivity index (χ1n) is 19.4. The first kappa shape index (κ1) is 38.2. The Morgan fingerprint density at radius 2 is 1.65 bits per heavy atom. The molecule has 292 valence electrons. The van der Waals surface area contributed by atoms with Crippen LogP contribution in [0.15, 0.2) is 42.5 Å². The molecule has 54 heavy (non-hydrogen) atoms. The van der Waals surface area contributed by atoms with Crippen LogP contribution in [0.2, 0.25) is 0 Å². The van der Waals surface area contributed by atoms with Crippen molar-refractivity contribution in [3.63, 3.8) is 0 Å². The van der Waals surface area contributed by atoms with E-state index in [-0.39, 0.29) is 29.5 Å². The number of hydrogen-bond acceptors (Lipinski definition) is 7. The molecular weight excluding hydrogens is 707 g/mol. The number of piperidine rings is 1. The molecule has 0 radical (unpaired) electrons. The summed E-state index contributed by atoms with van der Waals surface area (Å²) in [5.41, 5.74) is 3.03. The summed E-state index contributed by atoms with van der Waals surface area (Å²) in [6.45, 7) is 7.76. The number of nitrogens with zero attached hydrogens (tertiary/aromatic N) is 4. The number of hydrogen-bond donors (Lipinski definition) is 1. The zero-order valence-electron chi connectivity index (χ0n) is 32.5. The normalized spacial score (nSPS) is 21.6. The summed E-state index contributed by atoms with van der Waals surface area (Å²) in [6, 6.07) is 13.4. The molecule has 4 aliphatic rings. The lowest BCUT2D eigenvalue weighted by Gasteiger charge is -2.37. The summed E-state index contributed by atoms with van der Waals surface area (Å²) in [5.74, 6) is 0.626. The molecule has 2 atom stereocenters. The van der Waals surface area contributed by atoms with Crippen LogP contribution in [0.1, 0.15) is 100 Å². The van der Waals surface area contributed by atoms with Gasteiger partial charge in [0.2, 0.25) is 5.91 Å². The van der Waals surface area contributed by atoms with Crippen molar-refractivity contribution in [3.8, 4) is 17.0 Å². The molecule has 0 spiro atoms. The van der Waals surface area contributed by atoms with E-state index in [1.54, 1.807) is 19.2 Å². The van der Waals surface area contributed by atoms with Gasteiger partial charge in [0.1, 0.15) is 11.4 Å². The molecule has 2 aliphatic carbocycles. The lowest BCUT2D eigenvalue weighted by Crippen LogP contribution is -2.50. The Kier molecular flexibility index (Phi) is 10.3. The third-order valence-electron chi connectivity index (χ3n) is 11.9. The van der Waals surface area contributed by atoms with Gasteiger partial charge in [0.15, 0.2) is 0 Å². The first-order chi connectivity index (χ1) is 25.6. The Morgan fingerprint density at radius 3 is 2.28 bits per heavy atom. The SMILES string of the molecule is COc1ccc(-c2c(C3CCCCC3)c3ccc(C(=O)NS(=O)(=O)N(C)C)cc3n2CC2(C(=O)N3CC4CCCN(C(=O)OC(C)(C)C)C4C3)CC2)cc1. The number of fused-ring (bicyclic) bond motifs is 2. The van der Waals surface area contributed by atoms with Gasteiger partial charge in [-0.15, -0.1) is 0 Å². The monoisotopic (exact) mass is 761 g/mol. The number of likely N-dealkylation sites (tertiary alicyclic amines) is 2. The summed E-state index contributed by atoms with van der Waals surface area (Å²) in [4.78, 5) is 45.3. The number of carbonyl (C=O) groups excluding carboxylic acids is 3. The van der Waals surface area contributed by atoms with E-state index in [1.165, 1.54) is 26.1 Å². The highest BCUT2D eigenvalue weighted by Crippen LogP contribution is 2.53. The van der Waals surface area contributed by atoms with Gasteiger partial charge in [-0.25, -0.2) is 9.52 Å². The fourth-order valence-electron chi connectivity index (χ4n) is 8.94. The second-order valence-electron chi connectivity index (χ2n) is 17.0. The van der Waals surface area contributed by atoms with Crippen molar-refractivity contribution in [1.29, 1.82) is 0 Å². The maximum absolute atomic E-state index is 14.8. The topological polar surface area (TPSA) is 130 Å². The minimum absolute atomic E-state index is 0.0759. The van der Waals surface area contributed by atoms with E-state index in [0.29, 0.717) is 32.1 Å². The largest absolute Gasteiger partial charge is 0.497 e. The molecule has 3 heterocycles. The fourth-order valence-corrected chi connectivity index (χ4v) is 9.47. The second-order valence-corrected chi connectivity index (χ2v) is 18.9. The smallest absolute Gasteiger partial charge is 0.410 e. The molecule has 2 saturated heterocycles.